The number of anilines is 2. The summed E-state index contributed by atoms with van der Waals surface area (Å²) in [4.78, 5) is 9.11. The molecule has 9 heteroatoms. The summed E-state index contributed by atoms with van der Waals surface area (Å²) in [7, 11) is 0. The van der Waals surface area contributed by atoms with Gasteiger partial charge in [-0.25, -0.2) is 9.97 Å². The first-order chi connectivity index (χ1) is 14.3. The molecule has 0 unspecified atom stereocenters. The molecule has 2 N–H and O–H groups in total. The SMILES string of the molecule is CCc1cccc2c(Nc3cc(C)[nH]n3)nc(-c3ccccc3OC(F)(F)F)nc12. The first-order valence-corrected chi connectivity index (χ1v) is 9.28. The van der Waals surface area contributed by atoms with Crippen LogP contribution in [-0.4, -0.2) is 26.5 Å². The Bertz CT molecular complexity index is 1200. The van der Waals surface area contributed by atoms with Crippen molar-refractivity contribution < 1.29 is 17.9 Å². The number of nitrogens with zero attached hydrogens (tertiary/aromatic N) is 3. The fourth-order valence-corrected chi connectivity index (χ4v) is 3.18. The molecule has 0 amide bonds. The fraction of sp³-hybridized carbons (Fsp3) is 0.190. The van der Waals surface area contributed by atoms with Crippen LogP contribution in [0, 0.1) is 6.92 Å². The number of nitrogens with one attached hydrogen (secondary N) is 2. The summed E-state index contributed by atoms with van der Waals surface area (Å²) in [5, 5.41) is 10.9. The molecule has 0 bridgehead atoms. The Labute approximate surface area is 170 Å². The van der Waals surface area contributed by atoms with Crippen LogP contribution in [0.5, 0.6) is 5.75 Å². The number of hydrogen-bond donors (Lipinski definition) is 2. The molecule has 30 heavy (non-hydrogen) atoms. The molecule has 0 spiro atoms. The minimum atomic E-state index is -4.82. The quantitative estimate of drug-likeness (QED) is 0.450. The number of halogens is 3. The predicted octanol–water partition coefficient (Wildman–Crippen LogP) is 5.53. The average Bonchev–Trinajstić information content (AvgIpc) is 3.11. The number of alkyl halides is 3. The van der Waals surface area contributed by atoms with Crippen molar-refractivity contribution in [1.29, 1.82) is 0 Å². The van der Waals surface area contributed by atoms with Gasteiger partial charge in [-0.3, -0.25) is 5.10 Å². The number of aryl methyl sites for hydroxylation is 2. The Morgan fingerprint density at radius 2 is 1.87 bits per heavy atom. The van der Waals surface area contributed by atoms with E-state index >= 15 is 0 Å². The summed E-state index contributed by atoms with van der Waals surface area (Å²) < 4.78 is 42.9. The second kappa shape index (κ2) is 7.66. The van der Waals surface area contributed by atoms with Gasteiger partial charge >= 0.3 is 6.36 Å². The van der Waals surface area contributed by atoms with Crippen LogP contribution in [0.2, 0.25) is 0 Å². The lowest BCUT2D eigenvalue weighted by atomic mass is 10.1. The third-order valence-corrected chi connectivity index (χ3v) is 4.50. The maximum atomic E-state index is 12.9. The molecule has 154 valence electrons. The lowest BCUT2D eigenvalue weighted by Crippen LogP contribution is -2.17. The highest BCUT2D eigenvalue weighted by Gasteiger charge is 2.32. The van der Waals surface area contributed by atoms with Crippen molar-refractivity contribution in [2.75, 3.05) is 5.32 Å². The van der Waals surface area contributed by atoms with Gasteiger partial charge in [0, 0.05) is 17.1 Å². The minimum Gasteiger partial charge on any atom is -0.405 e. The molecule has 0 fully saturated rings. The predicted molar refractivity (Wildman–Crippen MR) is 108 cm³/mol. The van der Waals surface area contributed by atoms with Crippen molar-refractivity contribution in [3.63, 3.8) is 0 Å². The smallest absolute Gasteiger partial charge is 0.405 e. The second-order valence-electron chi connectivity index (χ2n) is 6.67. The molecule has 2 aromatic carbocycles. The molecule has 0 aliphatic rings. The number of H-pyrrole nitrogens is 1. The van der Waals surface area contributed by atoms with Gasteiger partial charge in [-0.1, -0.05) is 31.2 Å². The molecule has 0 radical (unpaired) electrons. The summed E-state index contributed by atoms with van der Waals surface area (Å²) in [6.45, 7) is 3.85. The van der Waals surface area contributed by atoms with Gasteiger partial charge in [0.25, 0.3) is 0 Å². The van der Waals surface area contributed by atoms with Crippen LogP contribution in [0.15, 0.2) is 48.5 Å². The van der Waals surface area contributed by atoms with Crippen LogP contribution in [0.1, 0.15) is 18.2 Å². The largest absolute Gasteiger partial charge is 0.573 e. The molecule has 2 heterocycles. The molecule has 0 saturated heterocycles. The van der Waals surface area contributed by atoms with E-state index in [-0.39, 0.29) is 17.1 Å². The highest BCUT2D eigenvalue weighted by atomic mass is 19.4. The van der Waals surface area contributed by atoms with Crippen molar-refractivity contribution in [3.8, 4) is 17.1 Å². The van der Waals surface area contributed by atoms with E-state index < -0.39 is 6.36 Å². The number of aromatic amines is 1. The van der Waals surface area contributed by atoms with Gasteiger partial charge in [0.1, 0.15) is 11.6 Å². The minimum absolute atomic E-state index is 0.123. The third-order valence-electron chi connectivity index (χ3n) is 4.50. The van der Waals surface area contributed by atoms with E-state index in [0.717, 1.165) is 16.6 Å². The van der Waals surface area contributed by atoms with Crippen LogP contribution in [0.3, 0.4) is 0 Å². The lowest BCUT2D eigenvalue weighted by molar-refractivity contribution is -0.274. The van der Waals surface area contributed by atoms with Gasteiger partial charge < -0.3 is 10.1 Å². The van der Waals surface area contributed by atoms with Crippen molar-refractivity contribution >= 4 is 22.5 Å². The van der Waals surface area contributed by atoms with Crippen molar-refractivity contribution in [2.45, 2.75) is 26.6 Å². The molecule has 6 nitrogen and oxygen atoms in total. The summed E-state index contributed by atoms with van der Waals surface area (Å²) in [5.41, 5.74) is 2.60. The van der Waals surface area contributed by atoms with Gasteiger partial charge in [0.2, 0.25) is 0 Å². The maximum absolute atomic E-state index is 12.9. The molecular weight excluding hydrogens is 395 g/mol. The fourth-order valence-electron chi connectivity index (χ4n) is 3.18. The Hall–Kier alpha value is -3.62. The standard InChI is InChI=1S/C21H18F3N5O/c1-3-13-7-6-9-15-18(13)26-19(27-20(15)25-17-11-12(2)28-29-17)14-8-4-5-10-16(14)30-21(22,23)24/h4-11H,3H2,1-2H3,(H2,25,26,27,28,29). The van der Waals surface area contributed by atoms with E-state index in [1.165, 1.54) is 18.2 Å². The van der Waals surface area contributed by atoms with Crippen LogP contribution in [-0.2, 0) is 6.42 Å². The zero-order chi connectivity index (χ0) is 21.3. The van der Waals surface area contributed by atoms with Gasteiger partial charge in [-0.05, 0) is 37.1 Å². The number of rotatable bonds is 5. The van der Waals surface area contributed by atoms with E-state index in [1.54, 1.807) is 12.1 Å². The second-order valence-corrected chi connectivity index (χ2v) is 6.67. The number of aromatic nitrogens is 4. The Morgan fingerprint density at radius 3 is 2.57 bits per heavy atom. The Kier molecular flexibility index (Phi) is 5.03. The van der Waals surface area contributed by atoms with Crippen molar-refractivity contribution in [2.24, 2.45) is 0 Å². The van der Waals surface area contributed by atoms with E-state index in [9.17, 15) is 13.2 Å². The molecular formula is C21H18F3N5O. The molecule has 0 aliphatic heterocycles. The van der Waals surface area contributed by atoms with Crippen LogP contribution >= 0.6 is 0 Å². The number of ether oxygens (including phenoxy) is 1. The van der Waals surface area contributed by atoms with Crippen LogP contribution in [0.25, 0.3) is 22.3 Å². The Morgan fingerprint density at radius 1 is 1.07 bits per heavy atom. The molecule has 4 aromatic rings. The number of fused-ring (bicyclic) bond motifs is 1. The number of para-hydroxylation sites is 2. The molecule has 0 aliphatic carbocycles. The maximum Gasteiger partial charge on any atom is 0.573 e. The highest BCUT2D eigenvalue weighted by molar-refractivity contribution is 5.94. The van der Waals surface area contributed by atoms with Gasteiger partial charge in [-0.15, -0.1) is 13.2 Å². The summed E-state index contributed by atoms with van der Waals surface area (Å²) in [6.07, 6.45) is -4.12. The van der Waals surface area contributed by atoms with Crippen LogP contribution in [0.4, 0.5) is 24.8 Å². The topological polar surface area (TPSA) is 75.7 Å². The Balaban J connectivity index is 1.91. The van der Waals surface area contributed by atoms with E-state index in [0.29, 0.717) is 23.6 Å². The highest BCUT2D eigenvalue weighted by Crippen LogP contribution is 2.35. The van der Waals surface area contributed by atoms with Crippen molar-refractivity contribution in [1.82, 2.24) is 20.2 Å². The molecule has 4 rings (SSSR count). The van der Waals surface area contributed by atoms with E-state index in [4.69, 9.17) is 0 Å². The van der Waals surface area contributed by atoms with Gasteiger partial charge in [0.15, 0.2) is 11.6 Å². The van der Waals surface area contributed by atoms with Gasteiger partial charge in [-0.2, -0.15) is 5.10 Å². The normalized spacial score (nSPS) is 11.6. The zero-order valence-corrected chi connectivity index (χ0v) is 16.2. The van der Waals surface area contributed by atoms with Crippen molar-refractivity contribution in [3.05, 3.63) is 59.8 Å². The first-order valence-electron chi connectivity index (χ1n) is 9.28. The number of benzene rings is 2. The summed E-state index contributed by atoms with van der Waals surface area (Å²) in [6, 6.07) is 13.3. The zero-order valence-electron chi connectivity index (χ0n) is 16.2. The average molecular weight is 413 g/mol. The third kappa shape index (κ3) is 4.05. The van der Waals surface area contributed by atoms with E-state index in [2.05, 4.69) is 30.2 Å². The van der Waals surface area contributed by atoms with E-state index in [1.807, 2.05) is 32.0 Å². The first kappa shape index (κ1) is 19.7. The molecule has 2 aromatic heterocycles. The van der Waals surface area contributed by atoms with Gasteiger partial charge in [0.05, 0.1) is 11.1 Å². The molecule has 0 atom stereocenters. The molecule has 0 saturated carbocycles. The summed E-state index contributed by atoms with van der Waals surface area (Å²) in [5.74, 6) is 0.747. The monoisotopic (exact) mass is 413 g/mol. The summed E-state index contributed by atoms with van der Waals surface area (Å²) >= 11 is 0. The van der Waals surface area contributed by atoms with Crippen LogP contribution < -0.4 is 10.1 Å². The lowest BCUT2D eigenvalue weighted by Gasteiger charge is -2.15. The number of hydrogen-bond acceptors (Lipinski definition) is 5.